The van der Waals surface area contributed by atoms with Gasteiger partial charge in [-0.2, -0.15) is 5.26 Å². The van der Waals surface area contributed by atoms with Gasteiger partial charge in [0.1, 0.15) is 23.0 Å². The predicted molar refractivity (Wildman–Crippen MR) is 71.9 cm³/mol. The number of nitrogens with zero attached hydrogens (tertiary/aromatic N) is 1. The van der Waals surface area contributed by atoms with Crippen LogP contribution in [-0.2, 0) is 4.79 Å². The molecule has 0 aromatic heterocycles. The quantitative estimate of drug-likeness (QED) is 0.850. The molecule has 0 spiro atoms. The van der Waals surface area contributed by atoms with Gasteiger partial charge in [-0.1, -0.05) is 0 Å². The molecule has 1 fully saturated rings. The SMILES string of the molecule is CC(C#N)(NC(=O)CSc1c(F)cc(F)cc1F)C1CC1. The zero-order chi connectivity index (χ0) is 15.6. The zero-order valence-corrected chi connectivity index (χ0v) is 12.1. The number of rotatable bonds is 5. The summed E-state index contributed by atoms with van der Waals surface area (Å²) >= 11 is 0.636. The van der Waals surface area contributed by atoms with Gasteiger partial charge in [0.2, 0.25) is 5.91 Å². The summed E-state index contributed by atoms with van der Waals surface area (Å²) in [7, 11) is 0. The molecule has 0 saturated heterocycles. The van der Waals surface area contributed by atoms with E-state index in [0.29, 0.717) is 23.9 Å². The summed E-state index contributed by atoms with van der Waals surface area (Å²) in [5, 5.41) is 11.7. The maximum atomic E-state index is 13.4. The van der Waals surface area contributed by atoms with Crippen molar-refractivity contribution in [3.63, 3.8) is 0 Å². The minimum atomic E-state index is -1.05. The summed E-state index contributed by atoms with van der Waals surface area (Å²) in [6.45, 7) is 1.63. The number of benzene rings is 1. The van der Waals surface area contributed by atoms with Crippen molar-refractivity contribution in [2.45, 2.75) is 30.2 Å². The summed E-state index contributed by atoms with van der Waals surface area (Å²) in [5.41, 5.74) is -0.947. The van der Waals surface area contributed by atoms with Crippen LogP contribution < -0.4 is 5.32 Å². The highest BCUT2D eigenvalue weighted by Gasteiger charge is 2.42. The molecule has 1 aliphatic carbocycles. The Kier molecular flexibility index (Phi) is 4.47. The van der Waals surface area contributed by atoms with Crippen molar-refractivity contribution < 1.29 is 18.0 Å². The van der Waals surface area contributed by atoms with Gasteiger partial charge in [0.25, 0.3) is 0 Å². The Balaban J connectivity index is 1.97. The van der Waals surface area contributed by atoms with E-state index in [1.165, 1.54) is 0 Å². The van der Waals surface area contributed by atoms with Gasteiger partial charge in [-0.05, 0) is 25.7 Å². The van der Waals surface area contributed by atoms with Gasteiger partial charge in [-0.25, -0.2) is 13.2 Å². The first-order chi connectivity index (χ1) is 9.85. The van der Waals surface area contributed by atoms with Crippen molar-refractivity contribution in [2.24, 2.45) is 5.92 Å². The summed E-state index contributed by atoms with van der Waals surface area (Å²) in [6.07, 6.45) is 1.75. The second-order valence-electron chi connectivity index (χ2n) is 5.12. The van der Waals surface area contributed by atoms with E-state index in [4.69, 9.17) is 5.26 Å². The van der Waals surface area contributed by atoms with Crippen molar-refractivity contribution in [3.05, 3.63) is 29.6 Å². The molecule has 7 heteroatoms. The van der Waals surface area contributed by atoms with Crippen LogP contribution in [0.25, 0.3) is 0 Å². The third-order valence-electron chi connectivity index (χ3n) is 3.34. The normalized spacial score (nSPS) is 16.9. The van der Waals surface area contributed by atoms with E-state index >= 15 is 0 Å². The topological polar surface area (TPSA) is 52.9 Å². The van der Waals surface area contributed by atoms with E-state index in [-0.39, 0.29) is 11.7 Å². The van der Waals surface area contributed by atoms with Crippen LogP contribution in [-0.4, -0.2) is 17.2 Å². The minimum Gasteiger partial charge on any atom is -0.337 e. The van der Waals surface area contributed by atoms with Crippen molar-refractivity contribution >= 4 is 17.7 Å². The Morgan fingerprint density at radius 3 is 2.48 bits per heavy atom. The maximum absolute atomic E-state index is 13.4. The van der Waals surface area contributed by atoms with Gasteiger partial charge in [0.15, 0.2) is 0 Å². The molecular formula is C14H13F3N2OS. The molecule has 1 unspecified atom stereocenters. The number of carbonyl (C=O) groups excluding carboxylic acids is 1. The fraction of sp³-hybridized carbons (Fsp3) is 0.429. The van der Waals surface area contributed by atoms with Gasteiger partial charge in [0, 0.05) is 12.1 Å². The van der Waals surface area contributed by atoms with Crippen LogP contribution in [0.5, 0.6) is 0 Å². The molecule has 0 heterocycles. The van der Waals surface area contributed by atoms with Crippen molar-refractivity contribution in [2.75, 3.05) is 5.75 Å². The molecule has 0 aliphatic heterocycles. The highest BCUT2D eigenvalue weighted by Crippen LogP contribution is 2.39. The van der Waals surface area contributed by atoms with Gasteiger partial charge >= 0.3 is 0 Å². The molecule has 1 amide bonds. The lowest BCUT2D eigenvalue weighted by molar-refractivity contribution is -0.119. The van der Waals surface area contributed by atoms with E-state index in [1.807, 2.05) is 0 Å². The zero-order valence-electron chi connectivity index (χ0n) is 11.3. The van der Waals surface area contributed by atoms with Crippen LogP contribution in [0.3, 0.4) is 0 Å². The fourth-order valence-electron chi connectivity index (χ4n) is 2.01. The molecule has 0 radical (unpaired) electrons. The summed E-state index contributed by atoms with van der Waals surface area (Å²) in [5.74, 6) is -3.71. The van der Waals surface area contributed by atoms with Crippen LogP contribution in [0.4, 0.5) is 13.2 Å². The fourth-order valence-corrected chi connectivity index (χ4v) is 2.75. The van der Waals surface area contributed by atoms with E-state index in [9.17, 15) is 18.0 Å². The lowest BCUT2D eigenvalue weighted by atomic mass is 9.98. The Morgan fingerprint density at radius 2 is 2.00 bits per heavy atom. The molecule has 1 aromatic rings. The number of nitrogens with one attached hydrogen (secondary N) is 1. The van der Waals surface area contributed by atoms with Gasteiger partial charge in [0.05, 0.1) is 16.7 Å². The average Bonchev–Trinajstić information content (AvgIpc) is 3.21. The minimum absolute atomic E-state index is 0.121. The third kappa shape index (κ3) is 3.70. The lowest BCUT2D eigenvalue weighted by Gasteiger charge is -2.22. The molecule has 21 heavy (non-hydrogen) atoms. The molecule has 112 valence electrons. The number of thioether (sulfide) groups is 1. The number of halogens is 3. The summed E-state index contributed by atoms with van der Waals surface area (Å²) < 4.78 is 39.6. The highest BCUT2D eigenvalue weighted by atomic mass is 32.2. The molecule has 3 nitrogen and oxygen atoms in total. The molecule has 1 saturated carbocycles. The first kappa shape index (κ1) is 15.7. The predicted octanol–water partition coefficient (Wildman–Crippen LogP) is 3.00. The number of nitriles is 1. The average molecular weight is 314 g/mol. The molecule has 1 N–H and O–H groups in total. The summed E-state index contributed by atoms with van der Waals surface area (Å²) in [6, 6.07) is 3.19. The standard InChI is InChI=1S/C14H13F3N2OS/c1-14(7-18,8-2-3-8)19-12(20)6-21-13-10(16)4-9(15)5-11(13)17/h4-5,8H,2-3,6H2,1H3,(H,19,20). The monoisotopic (exact) mass is 314 g/mol. The Hall–Kier alpha value is -1.68. The van der Waals surface area contributed by atoms with Crippen LogP contribution in [0.15, 0.2) is 17.0 Å². The Morgan fingerprint density at radius 1 is 1.43 bits per heavy atom. The second-order valence-corrected chi connectivity index (χ2v) is 6.11. The summed E-state index contributed by atoms with van der Waals surface area (Å²) in [4.78, 5) is 11.4. The second kappa shape index (κ2) is 5.98. The Bertz CT molecular complexity index is 590. The van der Waals surface area contributed by atoms with Crippen molar-refractivity contribution in [1.82, 2.24) is 5.32 Å². The molecule has 1 aliphatic rings. The van der Waals surface area contributed by atoms with Gasteiger partial charge in [-0.3, -0.25) is 4.79 Å². The molecule has 1 aromatic carbocycles. The molecular weight excluding hydrogens is 301 g/mol. The first-order valence-electron chi connectivity index (χ1n) is 6.35. The first-order valence-corrected chi connectivity index (χ1v) is 7.34. The highest BCUT2D eigenvalue weighted by molar-refractivity contribution is 8.00. The number of amides is 1. The van der Waals surface area contributed by atoms with Crippen molar-refractivity contribution in [3.8, 4) is 6.07 Å². The Labute approximate surface area is 124 Å². The van der Waals surface area contributed by atoms with Crippen LogP contribution in [0, 0.1) is 34.7 Å². The van der Waals surface area contributed by atoms with Crippen molar-refractivity contribution in [1.29, 1.82) is 5.26 Å². The van der Waals surface area contributed by atoms with E-state index in [2.05, 4.69) is 11.4 Å². The van der Waals surface area contributed by atoms with Crippen LogP contribution in [0.1, 0.15) is 19.8 Å². The lowest BCUT2D eigenvalue weighted by Crippen LogP contribution is -2.47. The van der Waals surface area contributed by atoms with E-state index in [1.54, 1.807) is 6.92 Å². The van der Waals surface area contributed by atoms with Gasteiger partial charge in [-0.15, -0.1) is 11.8 Å². The smallest absolute Gasteiger partial charge is 0.231 e. The van der Waals surface area contributed by atoms with E-state index < -0.39 is 33.8 Å². The van der Waals surface area contributed by atoms with E-state index in [0.717, 1.165) is 12.8 Å². The van der Waals surface area contributed by atoms with Crippen LogP contribution >= 0.6 is 11.8 Å². The maximum Gasteiger partial charge on any atom is 0.231 e. The largest absolute Gasteiger partial charge is 0.337 e. The molecule has 2 rings (SSSR count). The van der Waals surface area contributed by atoms with Crippen LogP contribution in [0.2, 0.25) is 0 Å². The number of hydrogen-bond donors (Lipinski definition) is 1. The molecule has 0 bridgehead atoms. The third-order valence-corrected chi connectivity index (χ3v) is 4.42. The molecule has 1 atom stereocenters. The van der Waals surface area contributed by atoms with Gasteiger partial charge < -0.3 is 5.32 Å². The number of hydrogen-bond acceptors (Lipinski definition) is 3. The number of carbonyl (C=O) groups is 1.